The quantitative estimate of drug-likeness (QED) is 0.865. The highest BCUT2D eigenvalue weighted by Gasteiger charge is 2.18. The van der Waals surface area contributed by atoms with Crippen molar-refractivity contribution in [3.05, 3.63) is 62.0 Å². The van der Waals surface area contributed by atoms with Crippen LogP contribution in [-0.2, 0) is 18.8 Å². The molecule has 0 radical (unpaired) electrons. The zero-order chi connectivity index (χ0) is 17.6. The number of aliphatic hydroxyl groups is 2. The number of hydrogen-bond acceptors (Lipinski definition) is 4. The fourth-order valence-corrected chi connectivity index (χ4v) is 1.89. The molecule has 2 rings (SSSR count). The van der Waals surface area contributed by atoms with Gasteiger partial charge in [0.2, 0.25) is 0 Å². The Labute approximate surface area is 145 Å². The topological polar surface area (TPSA) is 75.4 Å². The van der Waals surface area contributed by atoms with Crippen molar-refractivity contribution in [3.63, 3.8) is 0 Å². The first-order valence-electron chi connectivity index (χ1n) is 6.94. The molecule has 1 aromatic carbocycles. The summed E-state index contributed by atoms with van der Waals surface area (Å²) >= 11 is 11.3. The molecule has 0 unspecified atom stereocenters. The van der Waals surface area contributed by atoms with E-state index < -0.39 is 0 Å². The molecule has 2 aromatic rings. The number of hydrogen-bond donors (Lipinski definition) is 2. The molecule has 0 atom stereocenters. The third-order valence-corrected chi connectivity index (χ3v) is 3.65. The van der Waals surface area contributed by atoms with E-state index in [1.54, 1.807) is 24.3 Å². The average Bonchev–Trinajstić information content (AvgIpc) is 2.52. The lowest BCUT2D eigenvalue weighted by atomic mass is 10.1. The summed E-state index contributed by atoms with van der Waals surface area (Å²) in [6.45, 7) is 5.72. The third kappa shape index (κ3) is 5.62. The minimum absolute atomic E-state index is 0.0200. The van der Waals surface area contributed by atoms with Crippen molar-refractivity contribution in [1.29, 1.82) is 0 Å². The molecule has 0 spiro atoms. The molecular weight excluding hydrogens is 339 g/mol. The first-order chi connectivity index (χ1) is 10.7. The maximum Gasteiger partial charge on any atom is 0.287 e. The highest BCUT2D eigenvalue weighted by Crippen LogP contribution is 2.17. The van der Waals surface area contributed by atoms with Crippen LogP contribution < -0.4 is 5.56 Å². The van der Waals surface area contributed by atoms with Crippen molar-refractivity contribution in [2.75, 3.05) is 0 Å². The van der Waals surface area contributed by atoms with Crippen LogP contribution in [0.3, 0.4) is 0 Å². The maximum absolute atomic E-state index is 11.5. The van der Waals surface area contributed by atoms with Gasteiger partial charge in [-0.25, -0.2) is 4.68 Å². The summed E-state index contributed by atoms with van der Waals surface area (Å²) in [7, 11) is 0. The Kier molecular flexibility index (Phi) is 7.22. The van der Waals surface area contributed by atoms with Crippen molar-refractivity contribution < 1.29 is 10.2 Å². The second-order valence-corrected chi connectivity index (χ2v) is 6.61. The molecule has 0 saturated carbocycles. The van der Waals surface area contributed by atoms with Gasteiger partial charge in [0, 0.05) is 0 Å². The predicted octanol–water partition coefficient (Wildman–Crippen LogP) is 2.98. The van der Waals surface area contributed by atoms with Crippen molar-refractivity contribution in [3.8, 4) is 0 Å². The summed E-state index contributed by atoms with van der Waals surface area (Å²) in [5.74, 6) is 0. The van der Waals surface area contributed by atoms with Gasteiger partial charge < -0.3 is 10.2 Å². The monoisotopic (exact) mass is 358 g/mol. The lowest BCUT2D eigenvalue weighted by Gasteiger charge is -2.20. The highest BCUT2D eigenvalue weighted by atomic mass is 35.5. The Hall–Kier alpha value is -1.40. The van der Waals surface area contributed by atoms with Gasteiger partial charge in [0.05, 0.1) is 30.0 Å². The van der Waals surface area contributed by atoms with Crippen LogP contribution >= 0.6 is 23.2 Å². The molecular formula is C16H20Cl2N2O3. The molecule has 0 aliphatic carbocycles. The Morgan fingerprint density at radius 3 is 1.83 bits per heavy atom. The smallest absolute Gasteiger partial charge is 0.287 e. The van der Waals surface area contributed by atoms with Gasteiger partial charge in [-0.1, -0.05) is 47.5 Å². The Bertz CT molecular complexity index is 669. The van der Waals surface area contributed by atoms with E-state index in [9.17, 15) is 4.79 Å². The van der Waals surface area contributed by atoms with Crippen LogP contribution in [0, 0.1) is 0 Å². The number of aromatic nitrogens is 2. The summed E-state index contributed by atoms with van der Waals surface area (Å²) < 4.78 is 1.31. The second-order valence-electron chi connectivity index (χ2n) is 5.83. The first-order valence-corrected chi connectivity index (χ1v) is 7.69. The summed E-state index contributed by atoms with van der Waals surface area (Å²) in [6.07, 6.45) is 1.37. The van der Waals surface area contributed by atoms with E-state index in [-0.39, 0.29) is 34.4 Å². The lowest BCUT2D eigenvalue weighted by Crippen LogP contribution is -2.36. The number of rotatable bonds is 2. The average molecular weight is 359 g/mol. The number of nitrogens with zero attached hydrogens (tertiary/aromatic N) is 2. The van der Waals surface area contributed by atoms with Crippen LogP contribution in [0.25, 0.3) is 0 Å². The van der Waals surface area contributed by atoms with Gasteiger partial charge in [-0.05, 0) is 31.9 Å². The van der Waals surface area contributed by atoms with Gasteiger partial charge in [-0.3, -0.25) is 4.79 Å². The molecule has 23 heavy (non-hydrogen) atoms. The molecule has 1 aromatic heterocycles. The summed E-state index contributed by atoms with van der Waals surface area (Å²) in [4.78, 5) is 11.5. The standard InChI is InChI=1S/C8H10Cl2N2O.C8H10O2/c1-8(2,3)12-7(13)6(10)5(9)4-11-12;9-5-7-1-2-8(6-10)4-3-7/h4H,1-3H3;1-4,9-10H,5-6H2. The van der Waals surface area contributed by atoms with E-state index in [1.165, 1.54) is 10.9 Å². The van der Waals surface area contributed by atoms with Crippen molar-refractivity contribution in [2.45, 2.75) is 39.5 Å². The molecule has 5 nitrogen and oxygen atoms in total. The fourth-order valence-electron chi connectivity index (χ4n) is 1.64. The van der Waals surface area contributed by atoms with Gasteiger partial charge in [0.1, 0.15) is 5.02 Å². The molecule has 0 amide bonds. The number of aliphatic hydroxyl groups excluding tert-OH is 2. The van der Waals surface area contributed by atoms with Crippen LogP contribution in [0.15, 0.2) is 35.3 Å². The van der Waals surface area contributed by atoms with E-state index in [0.717, 1.165) is 11.1 Å². The largest absolute Gasteiger partial charge is 0.392 e. The maximum atomic E-state index is 11.5. The predicted molar refractivity (Wildman–Crippen MR) is 91.8 cm³/mol. The summed E-state index contributed by atoms with van der Waals surface area (Å²) in [6, 6.07) is 7.19. The van der Waals surface area contributed by atoms with E-state index >= 15 is 0 Å². The van der Waals surface area contributed by atoms with Crippen LogP contribution in [0.2, 0.25) is 10.0 Å². The molecule has 0 bridgehead atoms. The minimum atomic E-state index is -0.384. The normalized spacial score (nSPS) is 10.9. The van der Waals surface area contributed by atoms with Gasteiger partial charge in [-0.2, -0.15) is 5.10 Å². The molecule has 126 valence electrons. The van der Waals surface area contributed by atoms with Crippen molar-refractivity contribution in [2.24, 2.45) is 0 Å². The van der Waals surface area contributed by atoms with Gasteiger partial charge in [0.15, 0.2) is 0 Å². The molecule has 0 aliphatic heterocycles. The number of benzene rings is 1. The fraction of sp³-hybridized carbons (Fsp3) is 0.375. The SMILES string of the molecule is CC(C)(C)n1ncc(Cl)c(Cl)c1=O.OCc1ccc(CO)cc1. The Balaban J connectivity index is 0.000000238. The van der Waals surface area contributed by atoms with Crippen molar-refractivity contribution >= 4 is 23.2 Å². The third-order valence-electron chi connectivity index (χ3n) is 2.90. The van der Waals surface area contributed by atoms with Crippen LogP contribution in [0.1, 0.15) is 31.9 Å². The van der Waals surface area contributed by atoms with Crippen LogP contribution in [-0.4, -0.2) is 20.0 Å². The van der Waals surface area contributed by atoms with E-state index in [1.807, 2.05) is 20.8 Å². The Morgan fingerprint density at radius 1 is 1.04 bits per heavy atom. The molecule has 1 heterocycles. The van der Waals surface area contributed by atoms with E-state index in [4.69, 9.17) is 33.4 Å². The zero-order valence-electron chi connectivity index (χ0n) is 13.3. The molecule has 7 heteroatoms. The lowest BCUT2D eigenvalue weighted by molar-refractivity contribution is 0.278. The van der Waals surface area contributed by atoms with Crippen molar-refractivity contribution in [1.82, 2.24) is 9.78 Å². The van der Waals surface area contributed by atoms with Gasteiger partial charge >= 0.3 is 0 Å². The summed E-state index contributed by atoms with van der Waals surface area (Å²) in [5.41, 5.74) is 1.00. The molecule has 0 fully saturated rings. The minimum Gasteiger partial charge on any atom is -0.392 e. The summed E-state index contributed by atoms with van der Waals surface area (Å²) in [5, 5.41) is 21.4. The van der Waals surface area contributed by atoms with Gasteiger partial charge in [0.25, 0.3) is 5.56 Å². The highest BCUT2D eigenvalue weighted by molar-refractivity contribution is 6.41. The van der Waals surface area contributed by atoms with Crippen LogP contribution in [0.5, 0.6) is 0 Å². The van der Waals surface area contributed by atoms with E-state index in [0.29, 0.717) is 0 Å². The second kappa shape index (κ2) is 8.45. The molecule has 0 saturated heterocycles. The molecule has 0 aliphatic rings. The van der Waals surface area contributed by atoms with Gasteiger partial charge in [-0.15, -0.1) is 0 Å². The number of halogens is 2. The van der Waals surface area contributed by atoms with E-state index in [2.05, 4.69) is 5.10 Å². The first kappa shape index (κ1) is 19.6. The zero-order valence-corrected chi connectivity index (χ0v) is 14.8. The Morgan fingerprint density at radius 2 is 1.48 bits per heavy atom. The van der Waals surface area contributed by atoms with Crippen LogP contribution in [0.4, 0.5) is 0 Å². The molecule has 2 N–H and O–H groups in total.